The Hall–Kier alpha value is -2.34. The number of benzene rings is 1. The van der Waals surface area contributed by atoms with E-state index in [2.05, 4.69) is 20.6 Å². The molecule has 2 aromatic rings. The molecule has 0 aliphatic carbocycles. The van der Waals surface area contributed by atoms with Crippen LogP contribution in [0.15, 0.2) is 30.3 Å². The number of para-hydroxylation sites is 2. The Morgan fingerprint density at radius 3 is 2.88 bits per heavy atom. The van der Waals surface area contributed by atoms with Crippen LogP contribution in [-0.2, 0) is 4.74 Å². The van der Waals surface area contributed by atoms with Crippen LogP contribution in [0, 0.1) is 6.92 Å². The molecule has 2 heterocycles. The molecule has 1 unspecified atom stereocenters. The second-order valence-electron chi connectivity index (χ2n) is 6.52. The highest BCUT2D eigenvalue weighted by molar-refractivity contribution is 5.64. The maximum atomic E-state index is 5.85. The lowest BCUT2D eigenvalue weighted by molar-refractivity contribution is 0.120. The van der Waals surface area contributed by atoms with Crippen LogP contribution in [0.1, 0.15) is 32.4 Å². The fraction of sp³-hybridized carbons (Fsp3) is 0.474. The quantitative estimate of drug-likeness (QED) is 0.795. The zero-order valence-electron chi connectivity index (χ0n) is 15.1. The lowest BCUT2D eigenvalue weighted by atomic mass is 10.2. The fourth-order valence-electron chi connectivity index (χ4n) is 2.79. The predicted molar refractivity (Wildman–Crippen MR) is 99.7 cm³/mol. The van der Waals surface area contributed by atoms with Crippen LogP contribution < -0.4 is 15.4 Å². The van der Waals surface area contributed by atoms with Crippen LogP contribution in [-0.4, -0.2) is 35.3 Å². The van der Waals surface area contributed by atoms with Gasteiger partial charge in [0.1, 0.15) is 11.6 Å². The van der Waals surface area contributed by atoms with E-state index in [4.69, 9.17) is 9.47 Å². The van der Waals surface area contributed by atoms with Crippen LogP contribution >= 0.6 is 0 Å². The molecule has 1 atom stereocenters. The number of nitrogens with one attached hydrogen (secondary N) is 2. The van der Waals surface area contributed by atoms with Gasteiger partial charge in [0.15, 0.2) is 0 Å². The number of aromatic nitrogens is 2. The van der Waals surface area contributed by atoms with Crippen molar-refractivity contribution in [2.75, 3.05) is 23.8 Å². The van der Waals surface area contributed by atoms with E-state index >= 15 is 0 Å². The van der Waals surface area contributed by atoms with Gasteiger partial charge in [-0.05, 0) is 45.7 Å². The zero-order chi connectivity index (χ0) is 17.6. The van der Waals surface area contributed by atoms with E-state index in [1.165, 1.54) is 0 Å². The minimum atomic E-state index is 0.110. The second-order valence-corrected chi connectivity index (χ2v) is 6.52. The molecule has 3 rings (SSSR count). The van der Waals surface area contributed by atoms with E-state index < -0.39 is 0 Å². The molecular formula is C19H26N4O2. The minimum absolute atomic E-state index is 0.110. The van der Waals surface area contributed by atoms with Crippen molar-refractivity contribution < 1.29 is 9.47 Å². The summed E-state index contributed by atoms with van der Waals surface area (Å²) in [6.45, 7) is 7.56. The van der Waals surface area contributed by atoms with Crippen molar-refractivity contribution in [3.8, 4) is 5.75 Å². The Kier molecular flexibility index (Phi) is 5.71. The van der Waals surface area contributed by atoms with Crippen molar-refractivity contribution in [3.63, 3.8) is 0 Å². The van der Waals surface area contributed by atoms with E-state index in [9.17, 15) is 0 Å². The first-order valence-corrected chi connectivity index (χ1v) is 8.84. The molecule has 1 saturated heterocycles. The summed E-state index contributed by atoms with van der Waals surface area (Å²) in [5, 5.41) is 6.62. The topological polar surface area (TPSA) is 68.3 Å². The largest absolute Gasteiger partial charge is 0.489 e. The van der Waals surface area contributed by atoms with Gasteiger partial charge in [-0.1, -0.05) is 12.1 Å². The maximum absolute atomic E-state index is 5.85. The molecule has 6 nitrogen and oxygen atoms in total. The summed E-state index contributed by atoms with van der Waals surface area (Å²) in [4.78, 5) is 9.02. The molecule has 2 N–H and O–H groups in total. The highest BCUT2D eigenvalue weighted by Crippen LogP contribution is 2.28. The van der Waals surface area contributed by atoms with Gasteiger partial charge in [-0.2, -0.15) is 4.98 Å². The fourth-order valence-corrected chi connectivity index (χ4v) is 2.79. The molecule has 0 saturated carbocycles. The molecule has 6 heteroatoms. The summed E-state index contributed by atoms with van der Waals surface area (Å²) in [5.41, 5.74) is 1.79. The third-order valence-electron chi connectivity index (χ3n) is 3.88. The number of aryl methyl sites for hydroxylation is 1. The molecular weight excluding hydrogens is 316 g/mol. The van der Waals surface area contributed by atoms with Gasteiger partial charge >= 0.3 is 0 Å². The van der Waals surface area contributed by atoms with E-state index in [-0.39, 0.29) is 12.2 Å². The number of nitrogens with zero attached hydrogens (tertiary/aromatic N) is 2. The number of anilines is 3. The Morgan fingerprint density at radius 1 is 1.28 bits per heavy atom. The van der Waals surface area contributed by atoms with Crippen molar-refractivity contribution in [2.45, 2.75) is 45.8 Å². The lowest BCUT2D eigenvalue weighted by Gasteiger charge is -2.16. The second kappa shape index (κ2) is 8.16. The molecule has 1 aromatic heterocycles. The molecule has 1 fully saturated rings. The molecule has 1 aliphatic heterocycles. The standard InChI is InChI=1S/C19H26N4O2/c1-13(2)25-17-9-5-4-8-16(17)22-18-11-14(3)21-19(23-18)20-12-15-7-6-10-24-15/h4-5,8-9,11,13,15H,6-7,10,12H2,1-3H3,(H2,20,21,22,23). The average molecular weight is 342 g/mol. The van der Waals surface area contributed by atoms with Crippen LogP contribution in [0.2, 0.25) is 0 Å². The van der Waals surface area contributed by atoms with Gasteiger partial charge in [-0.25, -0.2) is 4.98 Å². The SMILES string of the molecule is Cc1cc(Nc2ccccc2OC(C)C)nc(NCC2CCCO2)n1. The summed E-state index contributed by atoms with van der Waals surface area (Å²) in [6.07, 6.45) is 2.57. The molecule has 1 aromatic carbocycles. The summed E-state index contributed by atoms with van der Waals surface area (Å²) in [7, 11) is 0. The first-order valence-electron chi connectivity index (χ1n) is 8.84. The number of hydrogen-bond acceptors (Lipinski definition) is 6. The number of rotatable bonds is 7. The summed E-state index contributed by atoms with van der Waals surface area (Å²) in [6, 6.07) is 9.79. The Labute approximate surface area is 149 Å². The number of ether oxygens (including phenoxy) is 2. The van der Waals surface area contributed by atoms with Crippen molar-refractivity contribution in [1.29, 1.82) is 0 Å². The van der Waals surface area contributed by atoms with E-state index in [0.717, 1.165) is 48.9 Å². The molecule has 0 radical (unpaired) electrons. The highest BCUT2D eigenvalue weighted by atomic mass is 16.5. The first-order chi connectivity index (χ1) is 12.1. The highest BCUT2D eigenvalue weighted by Gasteiger charge is 2.15. The third-order valence-corrected chi connectivity index (χ3v) is 3.88. The van der Waals surface area contributed by atoms with Gasteiger partial charge < -0.3 is 20.1 Å². The van der Waals surface area contributed by atoms with Crippen LogP contribution in [0.5, 0.6) is 5.75 Å². The van der Waals surface area contributed by atoms with Crippen molar-refractivity contribution in [3.05, 3.63) is 36.0 Å². The van der Waals surface area contributed by atoms with Crippen molar-refractivity contribution in [2.24, 2.45) is 0 Å². The van der Waals surface area contributed by atoms with Gasteiger partial charge in [0.05, 0.1) is 17.9 Å². The van der Waals surface area contributed by atoms with Gasteiger partial charge in [0.25, 0.3) is 0 Å². The molecule has 0 bridgehead atoms. The van der Waals surface area contributed by atoms with Gasteiger partial charge in [-0.3, -0.25) is 0 Å². The Bertz CT molecular complexity index is 700. The van der Waals surface area contributed by atoms with Crippen molar-refractivity contribution in [1.82, 2.24) is 9.97 Å². The Morgan fingerprint density at radius 2 is 2.12 bits per heavy atom. The van der Waals surface area contributed by atoms with Crippen LogP contribution in [0.4, 0.5) is 17.5 Å². The first kappa shape index (κ1) is 17.5. The van der Waals surface area contributed by atoms with Gasteiger partial charge in [-0.15, -0.1) is 0 Å². The molecule has 134 valence electrons. The van der Waals surface area contributed by atoms with E-state index in [0.29, 0.717) is 5.95 Å². The van der Waals surface area contributed by atoms with Gasteiger partial charge in [0.2, 0.25) is 5.95 Å². The van der Waals surface area contributed by atoms with E-state index in [1.54, 1.807) is 0 Å². The van der Waals surface area contributed by atoms with Crippen LogP contribution in [0.3, 0.4) is 0 Å². The van der Waals surface area contributed by atoms with Crippen LogP contribution in [0.25, 0.3) is 0 Å². The predicted octanol–water partition coefficient (Wildman–Crippen LogP) is 3.91. The summed E-state index contributed by atoms with van der Waals surface area (Å²) < 4.78 is 11.5. The molecule has 1 aliphatic rings. The van der Waals surface area contributed by atoms with Gasteiger partial charge in [0, 0.05) is 24.9 Å². The number of hydrogen-bond donors (Lipinski definition) is 2. The van der Waals surface area contributed by atoms with Crippen molar-refractivity contribution >= 4 is 17.5 Å². The normalized spacial score (nSPS) is 16.9. The molecule has 25 heavy (non-hydrogen) atoms. The average Bonchev–Trinajstić information content (AvgIpc) is 3.07. The Balaban J connectivity index is 1.72. The monoisotopic (exact) mass is 342 g/mol. The summed E-state index contributed by atoms with van der Waals surface area (Å²) in [5.74, 6) is 2.16. The van der Waals surface area contributed by atoms with E-state index in [1.807, 2.05) is 51.1 Å². The minimum Gasteiger partial charge on any atom is -0.489 e. The molecule has 0 amide bonds. The lowest BCUT2D eigenvalue weighted by Crippen LogP contribution is -2.20. The smallest absolute Gasteiger partial charge is 0.224 e. The molecule has 0 spiro atoms. The maximum Gasteiger partial charge on any atom is 0.224 e. The zero-order valence-corrected chi connectivity index (χ0v) is 15.1. The summed E-state index contributed by atoms with van der Waals surface area (Å²) >= 11 is 0. The third kappa shape index (κ3) is 5.06.